The Balaban J connectivity index is 1.49. The van der Waals surface area contributed by atoms with Crippen LogP contribution in [0.3, 0.4) is 0 Å². The second kappa shape index (κ2) is 8.14. The average Bonchev–Trinajstić information content (AvgIpc) is 3.18. The van der Waals surface area contributed by atoms with Crippen LogP contribution < -0.4 is 10.5 Å². The molecular weight excluding hydrogens is 390 g/mol. The molecular formula is C19H21ClF2N4O2. The number of aromatic nitrogens is 2. The normalized spacial score (nSPS) is 20.7. The number of hydrogen-bond donors (Lipinski definition) is 0. The van der Waals surface area contributed by atoms with Gasteiger partial charge >= 0.3 is 0 Å². The van der Waals surface area contributed by atoms with E-state index in [1.54, 1.807) is 0 Å². The molecule has 3 heterocycles. The Morgan fingerprint density at radius 3 is 2.64 bits per heavy atom. The SMILES string of the molecule is O=c1c(Cl)c(N2CCN(CC3CCOC3)CC2)cnn1-c1ccc(F)cc1F. The van der Waals surface area contributed by atoms with E-state index in [4.69, 9.17) is 16.3 Å². The van der Waals surface area contributed by atoms with E-state index < -0.39 is 17.2 Å². The molecule has 0 radical (unpaired) electrons. The molecule has 0 saturated carbocycles. The molecule has 1 unspecified atom stereocenters. The van der Waals surface area contributed by atoms with Crippen LogP contribution in [0.4, 0.5) is 14.5 Å². The topological polar surface area (TPSA) is 50.6 Å². The fourth-order valence-electron chi connectivity index (χ4n) is 3.73. The second-order valence-electron chi connectivity index (χ2n) is 7.17. The molecule has 2 aliphatic heterocycles. The first-order valence-electron chi connectivity index (χ1n) is 9.31. The fraction of sp³-hybridized carbons (Fsp3) is 0.474. The van der Waals surface area contributed by atoms with Crippen molar-refractivity contribution >= 4 is 17.3 Å². The number of halogens is 3. The van der Waals surface area contributed by atoms with Crippen LogP contribution in [-0.4, -0.2) is 60.6 Å². The summed E-state index contributed by atoms with van der Waals surface area (Å²) >= 11 is 6.30. The quantitative estimate of drug-likeness (QED) is 0.774. The summed E-state index contributed by atoms with van der Waals surface area (Å²) in [6.45, 7) is 5.87. The third kappa shape index (κ3) is 3.90. The van der Waals surface area contributed by atoms with Crippen molar-refractivity contribution in [1.82, 2.24) is 14.7 Å². The molecule has 0 spiro atoms. The molecule has 150 valence electrons. The van der Waals surface area contributed by atoms with Crippen molar-refractivity contribution in [2.24, 2.45) is 5.92 Å². The smallest absolute Gasteiger partial charge is 0.292 e. The molecule has 1 aromatic carbocycles. The first-order valence-corrected chi connectivity index (χ1v) is 9.69. The molecule has 1 aromatic heterocycles. The largest absolute Gasteiger partial charge is 0.381 e. The summed E-state index contributed by atoms with van der Waals surface area (Å²) in [4.78, 5) is 17.0. The van der Waals surface area contributed by atoms with Gasteiger partial charge in [-0.1, -0.05) is 11.6 Å². The Morgan fingerprint density at radius 2 is 1.96 bits per heavy atom. The van der Waals surface area contributed by atoms with E-state index in [0.717, 1.165) is 63.1 Å². The number of piperazine rings is 1. The molecule has 0 N–H and O–H groups in total. The summed E-state index contributed by atoms with van der Waals surface area (Å²) < 4.78 is 33.4. The Bertz CT molecular complexity index is 909. The first kappa shape index (κ1) is 19.3. The summed E-state index contributed by atoms with van der Waals surface area (Å²) in [7, 11) is 0. The minimum atomic E-state index is -0.872. The van der Waals surface area contributed by atoms with E-state index >= 15 is 0 Å². The minimum Gasteiger partial charge on any atom is -0.381 e. The molecule has 6 nitrogen and oxygen atoms in total. The molecule has 0 amide bonds. The van der Waals surface area contributed by atoms with Gasteiger partial charge in [-0.3, -0.25) is 9.69 Å². The summed E-state index contributed by atoms with van der Waals surface area (Å²) in [5, 5.41) is 4.05. The van der Waals surface area contributed by atoms with Gasteiger partial charge in [0.15, 0.2) is 5.82 Å². The zero-order chi connectivity index (χ0) is 19.7. The summed E-state index contributed by atoms with van der Waals surface area (Å²) in [6, 6.07) is 2.95. The van der Waals surface area contributed by atoms with Gasteiger partial charge in [-0.25, -0.2) is 8.78 Å². The zero-order valence-electron chi connectivity index (χ0n) is 15.3. The first-order chi connectivity index (χ1) is 13.5. The molecule has 0 aliphatic carbocycles. The predicted molar refractivity (Wildman–Crippen MR) is 102 cm³/mol. The van der Waals surface area contributed by atoms with Crippen molar-refractivity contribution in [3.05, 3.63) is 51.4 Å². The Labute approximate surface area is 166 Å². The number of ether oxygens (including phenoxy) is 1. The Kier molecular flexibility index (Phi) is 5.61. The highest BCUT2D eigenvalue weighted by molar-refractivity contribution is 6.33. The van der Waals surface area contributed by atoms with Crippen molar-refractivity contribution in [3.63, 3.8) is 0 Å². The summed E-state index contributed by atoms with van der Waals surface area (Å²) in [5.74, 6) is -1.01. The highest BCUT2D eigenvalue weighted by Crippen LogP contribution is 2.24. The lowest BCUT2D eigenvalue weighted by Crippen LogP contribution is -2.48. The van der Waals surface area contributed by atoms with Crippen molar-refractivity contribution in [2.75, 3.05) is 50.8 Å². The lowest BCUT2D eigenvalue weighted by molar-refractivity contribution is 0.164. The van der Waals surface area contributed by atoms with Crippen LogP contribution in [-0.2, 0) is 4.74 Å². The average molecular weight is 411 g/mol. The lowest BCUT2D eigenvalue weighted by Gasteiger charge is -2.37. The monoisotopic (exact) mass is 410 g/mol. The predicted octanol–water partition coefficient (Wildman–Crippen LogP) is 2.32. The van der Waals surface area contributed by atoms with Crippen LogP contribution in [0.2, 0.25) is 5.02 Å². The standard InChI is InChI=1S/C19H21ClF2N4O2/c20-18-17(25-6-4-24(5-7-25)11-13-3-8-28-12-13)10-23-26(19(18)27)16-2-1-14(21)9-15(16)22/h1-2,9-10,13H,3-8,11-12H2. The highest BCUT2D eigenvalue weighted by atomic mass is 35.5. The van der Waals surface area contributed by atoms with Gasteiger partial charge in [0.1, 0.15) is 16.5 Å². The van der Waals surface area contributed by atoms with Crippen LogP contribution in [0.15, 0.2) is 29.2 Å². The van der Waals surface area contributed by atoms with E-state index in [-0.39, 0.29) is 10.7 Å². The van der Waals surface area contributed by atoms with Crippen molar-refractivity contribution in [2.45, 2.75) is 6.42 Å². The van der Waals surface area contributed by atoms with Gasteiger partial charge in [0.25, 0.3) is 5.56 Å². The van der Waals surface area contributed by atoms with Crippen LogP contribution in [0.5, 0.6) is 0 Å². The van der Waals surface area contributed by atoms with Gasteiger partial charge in [-0.2, -0.15) is 9.78 Å². The highest BCUT2D eigenvalue weighted by Gasteiger charge is 2.25. The molecule has 2 fully saturated rings. The van der Waals surface area contributed by atoms with Crippen molar-refractivity contribution in [3.8, 4) is 5.69 Å². The summed E-state index contributed by atoms with van der Waals surface area (Å²) in [5.41, 5.74) is -0.229. The van der Waals surface area contributed by atoms with Crippen LogP contribution >= 0.6 is 11.6 Å². The molecule has 2 saturated heterocycles. The Hall–Kier alpha value is -2.03. The van der Waals surface area contributed by atoms with Gasteiger partial charge in [0.2, 0.25) is 0 Å². The van der Waals surface area contributed by atoms with Gasteiger partial charge in [0, 0.05) is 45.4 Å². The minimum absolute atomic E-state index is 0.0173. The molecule has 4 rings (SSSR count). The van der Waals surface area contributed by atoms with Crippen LogP contribution in [0.25, 0.3) is 5.69 Å². The molecule has 2 aromatic rings. The number of anilines is 1. The van der Waals surface area contributed by atoms with Gasteiger partial charge in [0.05, 0.1) is 18.5 Å². The third-order valence-corrected chi connectivity index (χ3v) is 5.65. The number of rotatable bonds is 4. The second-order valence-corrected chi connectivity index (χ2v) is 7.55. The van der Waals surface area contributed by atoms with Crippen molar-refractivity contribution in [1.29, 1.82) is 0 Å². The third-order valence-electron chi connectivity index (χ3n) is 5.29. The summed E-state index contributed by atoms with van der Waals surface area (Å²) in [6.07, 6.45) is 2.57. The zero-order valence-corrected chi connectivity index (χ0v) is 16.0. The van der Waals surface area contributed by atoms with E-state index in [2.05, 4.69) is 10.00 Å². The van der Waals surface area contributed by atoms with Gasteiger partial charge in [-0.05, 0) is 24.5 Å². The maximum atomic E-state index is 14.0. The molecule has 1 atom stereocenters. The lowest BCUT2D eigenvalue weighted by atomic mass is 10.1. The van der Waals surface area contributed by atoms with E-state index in [1.165, 1.54) is 12.3 Å². The Morgan fingerprint density at radius 1 is 1.18 bits per heavy atom. The van der Waals surface area contributed by atoms with E-state index in [9.17, 15) is 13.6 Å². The van der Waals surface area contributed by atoms with Gasteiger partial charge in [-0.15, -0.1) is 0 Å². The molecule has 9 heteroatoms. The van der Waals surface area contributed by atoms with Crippen LogP contribution in [0.1, 0.15) is 6.42 Å². The fourth-order valence-corrected chi connectivity index (χ4v) is 3.98. The van der Waals surface area contributed by atoms with E-state index in [0.29, 0.717) is 17.7 Å². The molecule has 2 aliphatic rings. The number of benzene rings is 1. The van der Waals surface area contributed by atoms with Crippen LogP contribution in [0, 0.1) is 17.6 Å². The van der Waals surface area contributed by atoms with E-state index in [1.807, 2.05) is 4.90 Å². The number of hydrogen-bond acceptors (Lipinski definition) is 5. The maximum absolute atomic E-state index is 14.0. The van der Waals surface area contributed by atoms with Crippen molar-refractivity contribution < 1.29 is 13.5 Å². The van der Waals surface area contributed by atoms with Gasteiger partial charge < -0.3 is 9.64 Å². The molecule has 0 bridgehead atoms. The maximum Gasteiger partial charge on any atom is 0.292 e. The number of nitrogens with zero attached hydrogens (tertiary/aromatic N) is 4. The molecule has 28 heavy (non-hydrogen) atoms.